The summed E-state index contributed by atoms with van der Waals surface area (Å²) in [5, 5.41) is 15.1. The average molecular weight is 569 g/mol. The maximum absolute atomic E-state index is 12.6. The van der Waals surface area contributed by atoms with Gasteiger partial charge in [0.05, 0.1) is 6.20 Å². The molecule has 0 amide bonds. The van der Waals surface area contributed by atoms with E-state index in [1.54, 1.807) is 0 Å². The number of aliphatic carboxylic acids is 1. The molecule has 224 valence electrons. The Morgan fingerprint density at radius 2 is 1.62 bits per heavy atom. The molecule has 6 heteroatoms. The number of hydrogen-bond donors (Lipinski definition) is 1. The molecule has 2 aromatic carbocycles. The summed E-state index contributed by atoms with van der Waals surface area (Å²) >= 11 is 0. The van der Waals surface area contributed by atoms with Crippen molar-refractivity contribution in [2.75, 3.05) is 32.7 Å². The van der Waals surface area contributed by atoms with Crippen molar-refractivity contribution in [2.45, 2.75) is 82.7 Å². The Hall–Kier alpha value is -2.96. The molecule has 0 bridgehead atoms. The van der Waals surface area contributed by atoms with Crippen LogP contribution in [0.25, 0.3) is 0 Å². The monoisotopic (exact) mass is 568 g/mol. The topological polar surface area (TPSA) is 61.6 Å². The van der Waals surface area contributed by atoms with E-state index in [0.717, 1.165) is 71.4 Å². The summed E-state index contributed by atoms with van der Waals surface area (Å²) in [6.45, 7) is 8.08. The average Bonchev–Trinajstić information content (AvgIpc) is 3.63. The Morgan fingerprint density at radius 3 is 2.29 bits per heavy atom. The molecule has 1 saturated carbocycles. The van der Waals surface area contributed by atoms with Gasteiger partial charge in [-0.15, -0.1) is 0 Å². The van der Waals surface area contributed by atoms with Crippen molar-refractivity contribution in [2.24, 2.45) is 11.8 Å². The molecule has 6 rings (SSSR count). The molecule has 1 aliphatic carbocycles. The first-order valence-electron chi connectivity index (χ1n) is 16.4. The van der Waals surface area contributed by atoms with Gasteiger partial charge in [0.2, 0.25) is 0 Å². The third kappa shape index (κ3) is 6.50. The van der Waals surface area contributed by atoms with Crippen LogP contribution in [-0.4, -0.2) is 69.4 Å². The first-order valence-corrected chi connectivity index (χ1v) is 16.4. The molecule has 6 nitrogen and oxygen atoms in total. The number of rotatable bonds is 10. The highest BCUT2D eigenvalue weighted by atomic mass is 16.4. The standard InChI is InChI=1S/C36H48N4O2/c1-2-40-34(31(23-37-40)22-27-12-6-3-7-13-27)30-18-20-38(21-19-30)24-32-25-39(26-33(32)28-14-8-4-9-15-28)35(36(41)42)29-16-10-5-11-17-29/h3-4,6-9,12-15,23,29-30,32-33,35H,2,5,10-11,16-22,24-26H2,1H3,(H,41,42)/t32-,33?,35+/m0/s1. The lowest BCUT2D eigenvalue weighted by Gasteiger charge is -2.36. The normalized spacial score (nSPS) is 23.7. The van der Waals surface area contributed by atoms with Crippen LogP contribution in [0.1, 0.15) is 86.1 Å². The highest BCUT2D eigenvalue weighted by molar-refractivity contribution is 5.74. The smallest absolute Gasteiger partial charge is 0.321 e. The van der Waals surface area contributed by atoms with Crippen molar-refractivity contribution >= 4 is 5.97 Å². The molecule has 0 radical (unpaired) electrons. The lowest BCUT2D eigenvalue weighted by molar-refractivity contribution is -0.145. The Morgan fingerprint density at radius 1 is 0.929 bits per heavy atom. The Bertz CT molecular complexity index is 1280. The SMILES string of the molecule is CCn1ncc(Cc2ccccc2)c1C1CCN(C[C@H]2CN([C@@H](C(=O)O)C3CCCCC3)CC2c2ccccc2)CC1. The van der Waals surface area contributed by atoms with Crippen LogP contribution in [0.15, 0.2) is 66.9 Å². The Kier molecular flexibility index (Phi) is 9.40. The zero-order valence-corrected chi connectivity index (χ0v) is 25.3. The summed E-state index contributed by atoms with van der Waals surface area (Å²) in [6, 6.07) is 21.3. The highest BCUT2D eigenvalue weighted by Gasteiger charge is 2.43. The van der Waals surface area contributed by atoms with Crippen molar-refractivity contribution in [3.63, 3.8) is 0 Å². The van der Waals surface area contributed by atoms with E-state index in [9.17, 15) is 9.90 Å². The summed E-state index contributed by atoms with van der Waals surface area (Å²) in [7, 11) is 0. The molecule has 3 heterocycles. The number of carboxylic acids is 1. The molecule has 3 aromatic rings. The van der Waals surface area contributed by atoms with E-state index >= 15 is 0 Å². The molecule has 1 unspecified atom stereocenters. The third-order valence-electron chi connectivity index (χ3n) is 10.4. The molecule has 1 N–H and O–H groups in total. The zero-order valence-electron chi connectivity index (χ0n) is 25.3. The summed E-state index contributed by atoms with van der Waals surface area (Å²) in [5.41, 5.74) is 5.52. The predicted octanol–water partition coefficient (Wildman–Crippen LogP) is 6.42. The summed E-state index contributed by atoms with van der Waals surface area (Å²) in [5.74, 6) is 1.04. The number of benzene rings is 2. The van der Waals surface area contributed by atoms with Crippen molar-refractivity contribution < 1.29 is 9.90 Å². The van der Waals surface area contributed by atoms with E-state index in [1.807, 2.05) is 0 Å². The Balaban J connectivity index is 1.14. The van der Waals surface area contributed by atoms with Gasteiger partial charge in [-0.2, -0.15) is 5.10 Å². The molecule has 3 atom stereocenters. The third-order valence-corrected chi connectivity index (χ3v) is 10.4. The van der Waals surface area contributed by atoms with Crippen LogP contribution < -0.4 is 0 Å². The number of aromatic nitrogens is 2. The lowest BCUT2D eigenvalue weighted by atomic mass is 9.83. The number of likely N-dealkylation sites (tertiary alicyclic amines) is 2. The second-order valence-electron chi connectivity index (χ2n) is 13.0. The van der Waals surface area contributed by atoms with Gasteiger partial charge in [-0.25, -0.2) is 0 Å². The first kappa shape index (κ1) is 29.1. The van der Waals surface area contributed by atoms with Crippen LogP contribution in [0, 0.1) is 11.8 Å². The molecule has 2 aliphatic heterocycles. The van der Waals surface area contributed by atoms with Gasteiger partial charge in [-0.3, -0.25) is 14.4 Å². The van der Waals surface area contributed by atoms with E-state index in [2.05, 4.69) is 88.3 Å². The minimum Gasteiger partial charge on any atom is -0.480 e. The zero-order chi connectivity index (χ0) is 28.9. The highest BCUT2D eigenvalue weighted by Crippen LogP contribution is 2.39. The predicted molar refractivity (Wildman–Crippen MR) is 168 cm³/mol. The number of nitrogens with zero attached hydrogens (tertiary/aromatic N) is 4. The summed E-state index contributed by atoms with van der Waals surface area (Å²) in [4.78, 5) is 17.6. The van der Waals surface area contributed by atoms with Gasteiger partial charge >= 0.3 is 5.97 Å². The summed E-state index contributed by atoms with van der Waals surface area (Å²) in [6.07, 6.45) is 11.1. The summed E-state index contributed by atoms with van der Waals surface area (Å²) < 4.78 is 2.23. The molecular formula is C36H48N4O2. The molecule has 3 aliphatic rings. The fourth-order valence-electron chi connectivity index (χ4n) is 8.33. The van der Waals surface area contributed by atoms with E-state index in [0.29, 0.717) is 17.8 Å². The van der Waals surface area contributed by atoms with Gasteiger partial charge in [-0.05, 0) is 74.2 Å². The van der Waals surface area contributed by atoms with Crippen molar-refractivity contribution in [3.8, 4) is 0 Å². The quantitative estimate of drug-likeness (QED) is 0.306. The van der Waals surface area contributed by atoms with Gasteiger partial charge in [0.15, 0.2) is 0 Å². The number of aryl methyl sites for hydroxylation is 1. The van der Waals surface area contributed by atoms with Gasteiger partial charge < -0.3 is 10.0 Å². The van der Waals surface area contributed by atoms with Crippen LogP contribution in [0.4, 0.5) is 0 Å². The van der Waals surface area contributed by atoms with E-state index in [1.165, 1.54) is 41.6 Å². The molecule has 1 aromatic heterocycles. The largest absolute Gasteiger partial charge is 0.480 e. The molecule has 3 fully saturated rings. The van der Waals surface area contributed by atoms with E-state index in [-0.39, 0.29) is 12.0 Å². The van der Waals surface area contributed by atoms with Gasteiger partial charge in [0.1, 0.15) is 6.04 Å². The fraction of sp³-hybridized carbons (Fsp3) is 0.556. The van der Waals surface area contributed by atoms with Crippen molar-refractivity contribution in [3.05, 3.63) is 89.2 Å². The fourth-order valence-corrected chi connectivity index (χ4v) is 8.33. The number of carbonyl (C=O) groups is 1. The van der Waals surface area contributed by atoms with E-state index < -0.39 is 5.97 Å². The van der Waals surface area contributed by atoms with Gasteiger partial charge in [0.25, 0.3) is 0 Å². The van der Waals surface area contributed by atoms with Crippen LogP contribution in [0.5, 0.6) is 0 Å². The molecule has 42 heavy (non-hydrogen) atoms. The Labute approximate surface area is 251 Å². The van der Waals surface area contributed by atoms with E-state index in [4.69, 9.17) is 5.10 Å². The second-order valence-corrected chi connectivity index (χ2v) is 13.0. The van der Waals surface area contributed by atoms with Crippen LogP contribution >= 0.6 is 0 Å². The van der Waals surface area contributed by atoms with Crippen molar-refractivity contribution in [1.82, 2.24) is 19.6 Å². The number of hydrogen-bond acceptors (Lipinski definition) is 4. The minimum absolute atomic E-state index is 0.288. The molecule has 2 saturated heterocycles. The maximum atomic E-state index is 12.6. The number of piperidine rings is 1. The van der Waals surface area contributed by atoms with Gasteiger partial charge in [-0.1, -0.05) is 79.9 Å². The first-order chi connectivity index (χ1) is 20.6. The second kappa shape index (κ2) is 13.6. The molecular weight excluding hydrogens is 520 g/mol. The minimum atomic E-state index is -0.617. The van der Waals surface area contributed by atoms with Crippen LogP contribution in [0.2, 0.25) is 0 Å². The number of carboxylic acid groups (broad SMARTS) is 1. The van der Waals surface area contributed by atoms with Crippen LogP contribution in [0.3, 0.4) is 0 Å². The lowest BCUT2D eigenvalue weighted by Crippen LogP contribution is -2.46. The van der Waals surface area contributed by atoms with Crippen LogP contribution in [-0.2, 0) is 17.8 Å². The van der Waals surface area contributed by atoms with Crippen molar-refractivity contribution in [1.29, 1.82) is 0 Å². The molecule has 0 spiro atoms. The van der Waals surface area contributed by atoms with Gasteiger partial charge in [0, 0.05) is 50.1 Å². The maximum Gasteiger partial charge on any atom is 0.321 e.